The minimum atomic E-state index is -0.334. The standard InChI is InChI=1S/C12H15NO4/c1-13(8-7-12(15)16-2)11(14)6-5-10-4-3-9-17-10/h3-6,9H,7-8H2,1-2H3/b6-5+. The summed E-state index contributed by atoms with van der Waals surface area (Å²) in [5.74, 6) is 0.0877. The molecule has 92 valence electrons. The van der Waals surface area contributed by atoms with E-state index in [4.69, 9.17) is 4.42 Å². The van der Waals surface area contributed by atoms with E-state index < -0.39 is 0 Å². The number of carbonyl (C=O) groups is 2. The van der Waals surface area contributed by atoms with Crippen molar-refractivity contribution in [1.29, 1.82) is 0 Å². The molecule has 17 heavy (non-hydrogen) atoms. The molecule has 0 radical (unpaired) electrons. The highest BCUT2D eigenvalue weighted by atomic mass is 16.5. The number of methoxy groups -OCH3 is 1. The predicted molar refractivity (Wildman–Crippen MR) is 62.0 cm³/mol. The van der Waals surface area contributed by atoms with E-state index >= 15 is 0 Å². The smallest absolute Gasteiger partial charge is 0.307 e. The van der Waals surface area contributed by atoms with Crippen molar-refractivity contribution in [2.24, 2.45) is 0 Å². The molecule has 1 rings (SSSR count). The van der Waals surface area contributed by atoms with Crippen LogP contribution in [0.4, 0.5) is 0 Å². The van der Waals surface area contributed by atoms with Gasteiger partial charge in [-0.05, 0) is 18.2 Å². The number of nitrogens with zero attached hydrogens (tertiary/aromatic N) is 1. The van der Waals surface area contributed by atoms with Crippen LogP contribution in [0.3, 0.4) is 0 Å². The predicted octanol–water partition coefficient (Wildman–Crippen LogP) is 1.31. The van der Waals surface area contributed by atoms with Crippen LogP contribution in [-0.4, -0.2) is 37.5 Å². The lowest BCUT2D eigenvalue weighted by Crippen LogP contribution is -2.27. The van der Waals surface area contributed by atoms with Crippen LogP contribution in [0.2, 0.25) is 0 Å². The number of esters is 1. The topological polar surface area (TPSA) is 59.8 Å². The first kappa shape index (κ1) is 13.0. The number of carbonyl (C=O) groups excluding carboxylic acids is 2. The molecule has 0 saturated heterocycles. The lowest BCUT2D eigenvalue weighted by atomic mass is 10.3. The quantitative estimate of drug-likeness (QED) is 0.572. The van der Waals surface area contributed by atoms with Crippen LogP contribution in [0.5, 0.6) is 0 Å². The molecule has 0 saturated carbocycles. The molecule has 1 heterocycles. The molecule has 1 aromatic heterocycles. The van der Waals surface area contributed by atoms with Crippen LogP contribution < -0.4 is 0 Å². The normalized spacial score (nSPS) is 10.5. The van der Waals surface area contributed by atoms with Crippen molar-refractivity contribution in [2.75, 3.05) is 20.7 Å². The van der Waals surface area contributed by atoms with Crippen LogP contribution in [0.1, 0.15) is 12.2 Å². The monoisotopic (exact) mass is 237 g/mol. The molecule has 0 atom stereocenters. The van der Waals surface area contributed by atoms with E-state index in [-0.39, 0.29) is 18.3 Å². The Morgan fingerprint density at radius 2 is 2.29 bits per heavy atom. The molecule has 0 aromatic carbocycles. The van der Waals surface area contributed by atoms with E-state index in [9.17, 15) is 9.59 Å². The summed E-state index contributed by atoms with van der Waals surface area (Å²) in [6.07, 6.45) is 4.70. The van der Waals surface area contributed by atoms with Crippen LogP contribution in [0.25, 0.3) is 6.08 Å². The summed E-state index contributed by atoms with van der Waals surface area (Å²) in [5, 5.41) is 0. The van der Waals surface area contributed by atoms with Gasteiger partial charge in [0.1, 0.15) is 5.76 Å². The average molecular weight is 237 g/mol. The summed E-state index contributed by atoms with van der Waals surface area (Å²) in [4.78, 5) is 23.9. The third-order valence-corrected chi connectivity index (χ3v) is 2.19. The average Bonchev–Trinajstić information content (AvgIpc) is 2.85. The zero-order valence-corrected chi connectivity index (χ0v) is 9.88. The van der Waals surface area contributed by atoms with Gasteiger partial charge in [-0.2, -0.15) is 0 Å². The van der Waals surface area contributed by atoms with Crippen molar-refractivity contribution in [3.05, 3.63) is 30.2 Å². The molecule has 0 aliphatic rings. The summed E-state index contributed by atoms with van der Waals surface area (Å²) in [5.41, 5.74) is 0. The lowest BCUT2D eigenvalue weighted by molar-refractivity contribution is -0.141. The second-order valence-corrected chi connectivity index (χ2v) is 3.43. The molecule has 5 nitrogen and oxygen atoms in total. The minimum absolute atomic E-state index is 0.188. The van der Waals surface area contributed by atoms with Crippen molar-refractivity contribution in [1.82, 2.24) is 4.90 Å². The van der Waals surface area contributed by atoms with E-state index in [2.05, 4.69) is 4.74 Å². The number of hydrogen-bond acceptors (Lipinski definition) is 4. The maximum absolute atomic E-state index is 11.6. The van der Waals surface area contributed by atoms with Gasteiger partial charge in [0.05, 0.1) is 19.8 Å². The van der Waals surface area contributed by atoms with Crippen LogP contribution >= 0.6 is 0 Å². The van der Waals surface area contributed by atoms with Crippen molar-refractivity contribution in [3.8, 4) is 0 Å². The highest BCUT2D eigenvalue weighted by Gasteiger charge is 2.07. The van der Waals surface area contributed by atoms with E-state index in [1.165, 1.54) is 24.3 Å². The van der Waals surface area contributed by atoms with Gasteiger partial charge in [0, 0.05) is 19.7 Å². The van der Waals surface area contributed by atoms with Gasteiger partial charge < -0.3 is 14.1 Å². The molecular formula is C12H15NO4. The first-order chi connectivity index (χ1) is 8.13. The van der Waals surface area contributed by atoms with Gasteiger partial charge in [0.2, 0.25) is 5.91 Å². The Morgan fingerprint density at radius 1 is 1.53 bits per heavy atom. The first-order valence-electron chi connectivity index (χ1n) is 5.17. The number of likely N-dealkylation sites (N-methyl/N-ethyl adjacent to an activating group) is 1. The number of amides is 1. The fourth-order valence-electron chi connectivity index (χ4n) is 1.14. The molecule has 0 aliphatic carbocycles. The van der Waals surface area contributed by atoms with Crippen molar-refractivity contribution in [3.63, 3.8) is 0 Å². The van der Waals surface area contributed by atoms with Gasteiger partial charge in [-0.25, -0.2) is 0 Å². The van der Waals surface area contributed by atoms with Gasteiger partial charge in [-0.3, -0.25) is 9.59 Å². The summed E-state index contributed by atoms with van der Waals surface area (Å²) in [7, 11) is 2.94. The molecule has 0 spiro atoms. The molecule has 0 N–H and O–H groups in total. The molecule has 0 aliphatic heterocycles. The zero-order valence-electron chi connectivity index (χ0n) is 9.88. The number of rotatable bonds is 5. The van der Waals surface area contributed by atoms with Crippen LogP contribution in [-0.2, 0) is 14.3 Å². The maximum atomic E-state index is 11.6. The highest BCUT2D eigenvalue weighted by Crippen LogP contribution is 2.03. The molecule has 0 bridgehead atoms. The summed E-state index contributed by atoms with van der Waals surface area (Å²) in [6, 6.07) is 3.49. The zero-order chi connectivity index (χ0) is 12.7. The van der Waals surface area contributed by atoms with Gasteiger partial charge in [0.25, 0.3) is 0 Å². The Balaban J connectivity index is 2.39. The Hall–Kier alpha value is -2.04. The number of ether oxygens (including phenoxy) is 1. The minimum Gasteiger partial charge on any atom is -0.469 e. The Kier molecular flexibility index (Phi) is 5.00. The Labute approximate surface area is 99.7 Å². The lowest BCUT2D eigenvalue weighted by Gasteiger charge is -2.13. The fraction of sp³-hybridized carbons (Fsp3) is 0.333. The third-order valence-electron chi connectivity index (χ3n) is 2.19. The molecule has 1 amide bonds. The van der Waals surface area contributed by atoms with Crippen molar-refractivity contribution < 1.29 is 18.7 Å². The fourth-order valence-corrected chi connectivity index (χ4v) is 1.14. The number of hydrogen-bond donors (Lipinski definition) is 0. The summed E-state index contributed by atoms with van der Waals surface area (Å²) >= 11 is 0. The van der Waals surface area contributed by atoms with E-state index in [1.807, 2.05) is 0 Å². The second kappa shape index (κ2) is 6.52. The Bertz CT molecular complexity index is 395. The van der Waals surface area contributed by atoms with E-state index in [0.717, 1.165) is 0 Å². The van der Waals surface area contributed by atoms with Gasteiger partial charge in [-0.15, -0.1) is 0 Å². The van der Waals surface area contributed by atoms with Crippen molar-refractivity contribution >= 4 is 18.0 Å². The third kappa shape index (κ3) is 4.55. The largest absolute Gasteiger partial charge is 0.469 e. The molecule has 0 fully saturated rings. The van der Waals surface area contributed by atoms with E-state index in [0.29, 0.717) is 12.3 Å². The maximum Gasteiger partial charge on any atom is 0.307 e. The van der Waals surface area contributed by atoms with Gasteiger partial charge in [-0.1, -0.05) is 0 Å². The first-order valence-corrected chi connectivity index (χ1v) is 5.17. The summed E-state index contributed by atoms with van der Waals surface area (Å²) in [6.45, 7) is 0.327. The molecule has 1 aromatic rings. The Morgan fingerprint density at radius 3 is 2.88 bits per heavy atom. The van der Waals surface area contributed by atoms with Crippen LogP contribution in [0, 0.1) is 0 Å². The van der Waals surface area contributed by atoms with Gasteiger partial charge >= 0.3 is 5.97 Å². The molecule has 0 unspecified atom stereocenters. The highest BCUT2D eigenvalue weighted by molar-refractivity contribution is 5.91. The van der Waals surface area contributed by atoms with Crippen molar-refractivity contribution in [2.45, 2.75) is 6.42 Å². The molecular weight excluding hydrogens is 222 g/mol. The summed E-state index contributed by atoms with van der Waals surface area (Å²) < 4.78 is 9.54. The molecule has 5 heteroatoms. The van der Waals surface area contributed by atoms with E-state index in [1.54, 1.807) is 25.3 Å². The number of furan rings is 1. The van der Waals surface area contributed by atoms with Crippen LogP contribution in [0.15, 0.2) is 28.9 Å². The van der Waals surface area contributed by atoms with Gasteiger partial charge in [0.15, 0.2) is 0 Å². The SMILES string of the molecule is COC(=O)CCN(C)C(=O)/C=C/c1ccco1. The second-order valence-electron chi connectivity index (χ2n) is 3.43.